The Balaban J connectivity index is 1.73. The van der Waals surface area contributed by atoms with E-state index in [0.717, 1.165) is 19.3 Å². The lowest BCUT2D eigenvalue weighted by Gasteiger charge is -2.54. The summed E-state index contributed by atoms with van der Waals surface area (Å²) in [6.07, 6.45) is 6.78. The van der Waals surface area contributed by atoms with Crippen molar-refractivity contribution in [3.63, 3.8) is 0 Å². The van der Waals surface area contributed by atoms with E-state index < -0.39 is 0 Å². The molecule has 4 saturated carbocycles. The average Bonchev–Trinajstić information content (AvgIpc) is 2.33. The van der Waals surface area contributed by atoms with Gasteiger partial charge in [0, 0.05) is 6.92 Å². The number of hydrogen-bond donors (Lipinski definition) is 0. The molecule has 4 fully saturated rings. The van der Waals surface area contributed by atoms with Gasteiger partial charge in [0.25, 0.3) is 0 Å². The molecule has 4 rings (SSSR count). The minimum absolute atomic E-state index is 0.154. The largest absolute Gasteiger partial charge is 0.341 e. The molecule has 0 radical (unpaired) electrons. The van der Waals surface area contributed by atoms with E-state index in [0.29, 0.717) is 17.8 Å². The zero-order chi connectivity index (χ0) is 13.6. The smallest absolute Gasteiger partial charge is 0.317 e. The molecule has 19 heavy (non-hydrogen) atoms. The number of Topliss-reactive ketones (excluding diaryl/α,β-unsaturated/α-hetero) is 1. The fourth-order valence-electron chi connectivity index (χ4n) is 4.63. The Bertz CT molecular complexity index is 417. The number of carbonyl (C=O) groups excluding carboxylic acids is 2. The van der Waals surface area contributed by atoms with Crippen LogP contribution in [0, 0.1) is 23.2 Å². The Morgan fingerprint density at radius 2 is 1.47 bits per heavy atom. The zero-order valence-corrected chi connectivity index (χ0v) is 11.6. The average molecular weight is 263 g/mol. The first-order chi connectivity index (χ1) is 8.98. The van der Waals surface area contributed by atoms with Crippen LogP contribution in [-0.2, 0) is 14.4 Å². The highest BCUT2D eigenvalue weighted by atomic mass is 16.7. The Labute approximate surface area is 113 Å². The van der Waals surface area contributed by atoms with Crippen LogP contribution in [0.4, 0.5) is 0 Å². The van der Waals surface area contributed by atoms with Gasteiger partial charge in [0.1, 0.15) is 5.71 Å². The predicted octanol–water partition coefficient (Wildman–Crippen LogP) is 2.71. The van der Waals surface area contributed by atoms with Crippen molar-refractivity contribution in [3.05, 3.63) is 0 Å². The van der Waals surface area contributed by atoms with E-state index in [1.54, 1.807) is 6.92 Å². The fraction of sp³-hybridized carbons (Fsp3) is 0.800. The zero-order valence-electron chi connectivity index (χ0n) is 11.6. The molecule has 0 aromatic heterocycles. The number of oxime groups is 1. The standard InChI is InChI=1S/C15H21NO3/c1-9(10(2)17)16-19-14(18)15-6-11-3-12(7-15)5-13(4-11)8-15/h11-13H,3-8H2,1-2H3/b16-9-. The van der Waals surface area contributed by atoms with Gasteiger partial charge in [-0.1, -0.05) is 5.16 Å². The van der Waals surface area contributed by atoms with Crippen LogP contribution in [0.2, 0.25) is 0 Å². The van der Waals surface area contributed by atoms with Gasteiger partial charge < -0.3 is 4.84 Å². The van der Waals surface area contributed by atoms with Crippen molar-refractivity contribution in [2.75, 3.05) is 0 Å². The number of carbonyl (C=O) groups is 2. The molecule has 0 aliphatic heterocycles. The Kier molecular flexibility index (Phi) is 2.99. The highest BCUT2D eigenvalue weighted by Crippen LogP contribution is 2.60. The molecule has 0 amide bonds. The van der Waals surface area contributed by atoms with Crippen molar-refractivity contribution in [1.29, 1.82) is 0 Å². The highest BCUT2D eigenvalue weighted by Gasteiger charge is 2.55. The summed E-state index contributed by atoms with van der Waals surface area (Å²) in [5, 5.41) is 3.70. The second kappa shape index (κ2) is 4.43. The van der Waals surface area contributed by atoms with Crippen molar-refractivity contribution < 1.29 is 14.4 Å². The van der Waals surface area contributed by atoms with Gasteiger partial charge in [0.2, 0.25) is 0 Å². The maximum absolute atomic E-state index is 12.4. The lowest BCUT2D eigenvalue weighted by atomic mass is 9.49. The second-order valence-electron chi connectivity index (χ2n) is 6.81. The molecule has 0 atom stereocenters. The Morgan fingerprint density at radius 3 is 1.89 bits per heavy atom. The second-order valence-corrected chi connectivity index (χ2v) is 6.81. The minimum Gasteiger partial charge on any atom is -0.317 e. The van der Waals surface area contributed by atoms with E-state index in [1.807, 2.05) is 0 Å². The maximum atomic E-state index is 12.4. The molecule has 4 bridgehead atoms. The summed E-state index contributed by atoms with van der Waals surface area (Å²) < 4.78 is 0. The third-order valence-electron chi connectivity index (χ3n) is 5.25. The topological polar surface area (TPSA) is 55.7 Å². The van der Waals surface area contributed by atoms with Crippen LogP contribution < -0.4 is 0 Å². The van der Waals surface area contributed by atoms with Crippen LogP contribution in [0.1, 0.15) is 52.4 Å². The van der Waals surface area contributed by atoms with Crippen LogP contribution >= 0.6 is 0 Å². The third kappa shape index (κ3) is 2.21. The van der Waals surface area contributed by atoms with Crippen LogP contribution in [0.5, 0.6) is 0 Å². The number of nitrogens with zero attached hydrogens (tertiary/aromatic N) is 1. The van der Waals surface area contributed by atoms with Gasteiger partial charge in [-0.05, 0) is 63.2 Å². The van der Waals surface area contributed by atoms with Crippen molar-refractivity contribution in [2.24, 2.45) is 28.3 Å². The van der Waals surface area contributed by atoms with Gasteiger partial charge in [0.15, 0.2) is 5.78 Å². The molecule has 0 aromatic rings. The number of hydrogen-bond acceptors (Lipinski definition) is 4. The SMILES string of the molecule is CC(=O)/C(C)=N\OC(=O)C12CC3CC(CC(C3)C1)C2. The molecule has 0 heterocycles. The van der Waals surface area contributed by atoms with Crippen LogP contribution in [0.15, 0.2) is 5.16 Å². The van der Waals surface area contributed by atoms with Gasteiger partial charge in [-0.25, -0.2) is 4.79 Å². The van der Waals surface area contributed by atoms with Crippen molar-refractivity contribution in [1.82, 2.24) is 0 Å². The van der Waals surface area contributed by atoms with E-state index in [2.05, 4.69) is 5.16 Å². The molecule has 4 nitrogen and oxygen atoms in total. The summed E-state index contributed by atoms with van der Waals surface area (Å²) in [7, 11) is 0. The van der Waals surface area contributed by atoms with E-state index in [1.165, 1.54) is 26.2 Å². The van der Waals surface area contributed by atoms with Crippen LogP contribution in [-0.4, -0.2) is 17.5 Å². The van der Waals surface area contributed by atoms with E-state index in [9.17, 15) is 9.59 Å². The Morgan fingerprint density at radius 1 is 1.00 bits per heavy atom. The minimum atomic E-state index is -0.296. The van der Waals surface area contributed by atoms with Crippen molar-refractivity contribution in [3.8, 4) is 0 Å². The first-order valence-corrected chi connectivity index (χ1v) is 7.25. The van der Waals surface area contributed by atoms with Gasteiger partial charge in [-0.15, -0.1) is 0 Å². The first-order valence-electron chi connectivity index (χ1n) is 7.25. The van der Waals surface area contributed by atoms with Gasteiger partial charge >= 0.3 is 5.97 Å². The lowest BCUT2D eigenvalue weighted by molar-refractivity contribution is -0.171. The number of ketones is 1. The highest BCUT2D eigenvalue weighted by molar-refractivity contribution is 6.37. The normalized spacial score (nSPS) is 40.3. The number of rotatable bonds is 3. The molecule has 0 aromatic carbocycles. The van der Waals surface area contributed by atoms with Gasteiger partial charge in [0.05, 0.1) is 5.41 Å². The van der Waals surface area contributed by atoms with Crippen LogP contribution in [0.3, 0.4) is 0 Å². The summed E-state index contributed by atoms with van der Waals surface area (Å²) in [6, 6.07) is 0. The molecule has 0 unspecified atom stereocenters. The van der Waals surface area contributed by atoms with E-state index >= 15 is 0 Å². The van der Waals surface area contributed by atoms with Crippen molar-refractivity contribution in [2.45, 2.75) is 52.4 Å². The van der Waals surface area contributed by atoms with Gasteiger partial charge in [-0.3, -0.25) is 4.79 Å². The van der Waals surface area contributed by atoms with Crippen LogP contribution in [0.25, 0.3) is 0 Å². The Hall–Kier alpha value is -1.19. The summed E-state index contributed by atoms with van der Waals surface area (Å²) in [5.74, 6) is 1.76. The molecule has 4 heteroatoms. The molecule has 4 aliphatic rings. The molecule has 0 spiro atoms. The van der Waals surface area contributed by atoms with Crippen molar-refractivity contribution >= 4 is 17.5 Å². The summed E-state index contributed by atoms with van der Waals surface area (Å²) in [6.45, 7) is 3.01. The third-order valence-corrected chi connectivity index (χ3v) is 5.25. The summed E-state index contributed by atoms with van der Waals surface area (Å²) >= 11 is 0. The molecule has 0 saturated heterocycles. The summed E-state index contributed by atoms with van der Waals surface area (Å²) in [5.41, 5.74) is -0.0342. The van der Waals surface area contributed by atoms with E-state index in [-0.39, 0.29) is 22.9 Å². The molecule has 104 valence electrons. The monoisotopic (exact) mass is 263 g/mol. The molecule has 4 aliphatic carbocycles. The maximum Gasteiger partial charge on any atom is 0.341 e. The molecular formula is C15H21NO3. The molecular weight excluding hydrogens is 242 g/mol. The fourth-order valence-corrected chi connectivity index (χ4v) is 4.63. The quantitative estimate of drug-likeness (QED) is 0.447. The first kappa shape index (κ1) is 12.8. The summed E-state index contributed by atoms with van der Waals surface area (Å²) in [4.78, 5) is 28.5. The predicted molar refractivity (Wildman–Crippen MR) is 70.5 cm³/mol. The van der Waals surface area contributed by atoms with Gasteiger partial charge in [-0.2, -0.15) is 0 Å². The molecule has 0 N–H and O–H groups in total. The van der Waals surface area contributed by atoms with E-state index in [4.69, 9.17) is 4.84 Å². The lowest BCUT2D eigenvalue weighted by Crippen LogP contribution is -2.50.